The Hall–Kier alpha value is -1.22. The Kier molecular flexibility index (Phi) is 2.75. The molecule has 3 fully saturated rings. The maximum Gasteiger partial charge on any atom is 0.127 e. The van der Waals surface area contributed by atoms with Gasteiger partial charge in [0, 0.05) is 17.7 Å². The van der Waals surface area contributed by atoms with Gasteiger partial charge in [0.15, 0.2) is 0 Å². The Morgan fingerprint density at radius 1 is 1.10 bits per heavy atom. The molecule has 4 rings (SSSR count). The Labute approximate surface area is 120 Å². The van der Waals surface area contributed by atoms with Gasteiger partial charge < -0.3 is 15.2 Å². The van der Waals surface area contributed by atoms with E-state index in [0.717, 1.165) is 40.7 Å². The molecule has 0 aliphatic heterocycles. The first-order chi connectivity index (χ1) is 9.74. The fraction of sp³-hybridized carbons (Fsp3) is 0.647. The molecule has 0 saturated heterocycles. The van der Waals surface area contributed by atoms with Gasteiger partial charge in [-0.3, -0.25) is 0 Å². The number of benzene rings is 1. The zero-order valence-electron chi connectivity index (χ0n) is 12.2. The zero-order valence-corrected chi connectivity index (χ0v) is 12.2. The van der Waals surface area contributed by atoms with Crippen molar-refractivity contribution < 1.29 is 9.47 Å². The molecule has 20 heavy (non-hydrogen) atoms. The first kappa shape index (κ1) is 12.5. The van der Waals surface area contributed by atoms with Crippen molar-refractivity contribution in [2.75, 3.05) is 14.2 Å². The summed E-state index contributed by atoms with van der Waals surface area (Å²) in [6.45, 7) is 0. The summed E-state index contributed by atoms with van der Waals surface area (Å²) in [6, 6.07) is 6.14. The summed E-state index contributed by atoms with van der Waals surface area (Å²) >= 11 is 0. The van der Waals surface area contributed by atoms with Crippen LogP contribution in [0.5, 0.6) is 11.5 Å². The van der Waals surface area contributed by atoms with E-state index in [1.165, 1.54) is 19.3 Å². The van der Waals surface area contributed by atoms with Crippen LogP contribution in [0, 0.1) is 29.6 Å². The van der Waals surface area contributed by atoms with Gasteiger partial charge in [0.2, 0.25) is 0 Å². The monoisotopic (exact) mass is 273 g/mol. The zero-order chi connectivity index (χ0) is 13.9. The molecular weight excluding hydrogens is 250 g/mol. The Morgan fingerprint density at radius 2 is 1.80 bits per heavy atom. The van der Waals surface area contributed by atoms with E-state index in [4.69, 9.17) is 15.2 Å². The molecule has 0 heterocycles. The lowest BCUT2D eigenvalue weighted by Gasteiger charge is -2.19. The molecule has 0 aromatic heterocycles. The van der Waals surface area contributed by atoms with Crippen molar-refractivity contribution >= 4 is 0 Å². The topological polar surface area (TPSA) is 44.5 Å². The molecule has 0 spiro atoms. The van der Waals surface area contributed by atoms with Gasteiger partial charge in [0.05, 0.1) is 14.2 Å². The standard InChI is InChI=1S/C17H23NO2/c1-19-11-5-6-12(13(8-11)20-2)17(18)16-14-9-3-4-10(7-9)15(14)16/h5-6,8-10,14-17H,3-4,7,18H2,1-2H3. The summed E-state index contributed by atoms with van der Waals surface area (Å²) in [6.07, 6.45) is 4.35. The molecule has 1 aromatic rings. The predicted octanol–water partition coefficient (Wildman–Crippen LogP) is 3.00. The molecule has 3 nitrogen and oxygen atoms in total. The number of ether oxygens (including phenoxy) is 2. The second-order valence-electron chi connectivity index (χ2n) is 6.70. The molecule has 108 valence electrons. The molecule has 0 radical (unpaired) electrons. The van der Waals surface area contributed by atoms with Crippen LogP contribution in [0.4, 0.5) is 0 Å². The molecule has 3 aliphatic rings. The van der Waals surface area contributed by atoms with E-state index < -0.39 is 0 Å². The lowest BCUT2D eigenvalue weighted by Crippen LogP contribution is -2.18. The van der Waals surface area contributed by atoms with Crippen molar-refractivity contribution in [2.24, 2.45) is 35.3 Å². The normalized spacial score (nSPS) is 38.5. The third-order valence-corrected chi connectivity index (χ3v) is 6.01. The van der Waals surface area contributed by atoms with Crippen molar-refractivity contribution in [2.45, 2.75) is 25.3 Å². The van der Waals surface area contributed by atoms with Crippen molar-refractivity contribution in [1.82, 2.24) is 0 Å². The summed E-state index contributed by atoms with van der Waals surface area (Å²) in [5.41, 5.74) is 7.74. The molecule has 1 aromatic carbocycles. The summed E-state index contributed by atoms with van der Waals surface area (Å²) in [4.78, 5) is 0. The fourth-order valence-electron chi connectivity index (χ4n) is 5.17. The lowest BCUT2D eigenvalue weighted by atomic mass is 9.93. The van der Waals surface area contributed by atoms with Crippen molar-refractivity contribution in [3.05, 3.63) is 23.8 Å². The van der Waals surface area contributed by atoms with E-state index in [1.54, 1.807) is 14.2 Å². The number of nitrogens with two attached hydrogens (primary N) is 1. The minimum atomic E-state index is 0.120. The van der Waals surface area contributed by atoms with Crippen LogP contribution in [0.1, 0.15) is 30.9 Å². The maximum atomic E-state index is 6.59. The van der Waals surface area contributed by atoms with Crippen LogP contribution in [-0.4, -0.2) is 14.2 Å². The predicted molar refractivity (Wildman–Crippen MR) is 77.8 cm³/mol. The van der Waals surface area contributed by atoms with Crippen LogP contribution in [0.25, 0.3) is 0 Å². The summed E-state index contributed by atoms with van der Waals surface area (Å²) in [5.74, 6) is 6.10. The second-order valence-corrected chi connectivity index (χ2v) is 6.70. The number of fused-ring (bicyclic) bond motifs is 5. The largest absolute Gasteiger partial charge is 0.497 e. The third kappa shape index (κ3) is 1.62. The van der Waals surface area contributed by atoms with Crippen molar-refractivity contribution in [3.63, 3.8) is 0 Å². The molecule has 2 bridgehead atoms. The van der Waals surface area contributed by atoms with Crippen LogP contribution in [0.3, 0.4) is 0 Å². The highest BCUT2D eigenvalue weighted by Crippen LogP contribution is 2.72. The van der Waals surface area contributed by atoms with Crippen LogP contribution in [0.2, 0.25) is 0 Å². The smallest absolute Gasteiger partial charge is 0.127 e. The minimum Gasteiger partial charge on any atom is -0.497 e. The molecule has 5 atom stereocenters. The second kappa shape index (κ2) is 4.39. The summed E-state index contributed by atoms with van der Waals surface area (Å²) < 4.78 is 10.8. The number of hydrogen-bond donors (Lipinski definition) is 1. The van der Waals surface area contributed by atoms with Gasteiger partial charge in [0.1, 0.15) is 11.5 Å². The molecule has 2 N–H and O–H groups in total. The van der Waals surface area contributed by atoms with E-state index in [2.05, 4.69) is 6.07 Å². The van der Waals surface area contributed by atoms with Crippen LogP contribution < -0.4 is 15.2 Å². The first-order valence-electron chi connectivity index (χ1n) is 7.72. The molecule has 0 amide bonds. The highest BCUT2D eigenvalue weighted by atomic mass is 16.5. The molecule has 3 heteroatoms. The van der Waals surface area contributed by atoms with Crippen LogP contribution >= 0.6 is 0 Å². The van der Waals surface area contributed by atoms with E-state index in [1.807, 2.05) is 12.1 Å². The average molecular weight is 273 g/mol. The highest BCUT2D eigenvalue weighted by molar-refractivity contribution is 5.43. The van der Waals surface area contributed by atoms with Gasteiger partial charge in [-0.25, -0.2) is 0 Å². The van der Waals surface area contributed by atoms with Gasteiger partial charge >= 0.3 is 0 Å². The minimum absolute atomic E-state index is 0.120. The van der Waals surface area contributed by atoms with Gasteiger partial charge in [-0.05, 0) is 54.9 Å². The molecule has 3 aliphatic carbocycles. The Bertz CT molecular complexity index is 514. The maximum absolute atomic E-state index is 6.59. The van der Waals surface area contributed by atoms with E-state index in [-0.39, 0.29) is 6.04 Å². The number of rotatable bonds is 4. The number of methoxy groups -OCH3 is 2. The summed E-state index contributed by atoms with van der Waals surface area (Å²) in [7, 11) is 3.39. The highest BCUT2D eigenvalue weighted by Gasteiger charge is 2.66. The third-order valence-electron chi connectivity index (χ3n) is 6.01. The van der Waals surface area contributed by atoms with Gasteiger partial charge in [-0.2, -0.15) is 0 Å². The lowest BCUT2D eigenvalue weighted by molar-refractivity contribution is 0.375. The van der Waals surface area contributed by atoms with Crippen LogP contribution in [0.15, 0.2) is 18.2 Å². The first-order valence-corrected chi connectivity index (χ1v) is 7.72. The molecular formula is C17H23NO2. The fourth-order valence-corrected chi connectivity index (χ4v) is 5.17. The number of hydrogen-bond acceptors (Lipinski definition) is 3. The van der Waals surface area contributed by atoms with Crippen LogP contribution in [-0.2, 0) is 0 Å². The van der Waals surface area contributed by atoms with Crippen molar-refractivity contribution in [1.29, 1.82) is 0 Å². The van der Waals surface area contributed by atoms with E-state index in [9.17, 15) is 0 Å². The van der Waals surface area contributed by atoms with E-state index in [0.29, 0.717) is 5.92 Å². The summed E-state index contributed by atoms with van der Waals surface area (Å²) in [5, 5.41) is 0. The van der Waals surface area contributed by atoms with Gasteiger partial charge in [-0.15, -0.1) is 0 Å². The van der Waals surface area contributed by atoms with Crippen molar-refractivity contribution in [3.8, 4) is 11.5 Å². The quantitative estimate of drug-likeness (QED) is 0.917. The molecule has 5 unspecified atom stereocenters. The average Bonchev–Trinajstić information content (AvgIpc) is 2.93. The Balaban J connectivity index is 1.59. The van der Waals surface area contributed by atoms with Gasteiger partial charge in [0.25, 0.3) is 0 Å². The van der Waals surface area contributed by atoms with E-state index >= 15 is 0 Å². The SMILES string of the molecule is COc1ccc(C(N)C2C3C4CCC(C4)C32)c(OC)c1. The Morgan fingerprint density at radius 3 is 2.40 bits per heavy atom. The van der Waals surface area contributed by atoms with Gasteiger partial charge in [-0.1, -0.05) is 6.07 Å². The molecule has 3 saturated carbocycles.